The number of nitrogens with one attached hydrogen (secondary N) is 2. The lowest BCUT2D eigenvalue weighted by atomic mass is 10.2. The minimum absolute atomic E-state index is 0.261. The number of hydrogen-bond donors (Lipinski definition) is 2. The molecule has 0 fully saturated rings. The molecule has 0 saturated heterocycles. The number of amides is 1. The first-order valence-electron chi connectivity index (χ1n) is 6.92. The Bertz CT molecular complexity index is 657. The van der Waals surface area contributed by atoms with E-state index in [1.165, 1.54) is 6.07 Å². The normalized spacial score (nSPS) is 10.6. The van der Waals surface area contributed by atoms with Gasteiger partial charge in [-0.1, -0.05) is 37.0 Å². The fraction of sp³-hybridized carbons (Fsp3) is 0.250. The lowest BCUT2D eigenvalue weighted by Gasteiger charge is -2.09. The molecule has 0 unspecified atom stereocenters. The number of carbonyl (C=O) groups excluding carboxylic acids is 1. The van der Waals surface area contributed by atoms with Crippen LogP contribution in [0.15, 0.2) is 36.5 Å². The van der Waals surface area contributed by atoms with E-state index in [9.17, 15) is 4.79 Å². The third-order valence-corrected chi connectivity index (χ3v) is 3.63. The number of anilines is 2. The average Bonchev–Trinajstić information content (AvgIpc) is 2.49. The summed E-state index contributed by atoms with van der Waals surface area (Å²) in [5.74, 6) is 1.06. The van der Waals surface area contributed by atoms with Crippen LogP contribution in [0.3, 0.4) is 0 Å². The van der Waals surface area contributed by atoms with E-state index in [0.717, 1.165) is 12.4 Å². The van der Waals surface area contributed by atoms with Crippen LogP contribution >= 0.6 is 23.2 Å². The van der Waals surface area contributed by atoms with Gasteiger partial charge in [-0.3, -0.25) is 4.79 Å². The molecule has 6 heteroatoms. The summed E-state index contributed by atoms with van der Waals surface area (Å²) in [7, 11) is 0. The predicted octanol–water partition coefficient (Wildman–Crippen LogP) is 4.71. The molecule has 1 amide bonds. The minimum Gasteiger partial charge on any atom is -0.370 e. The second-order valence-corrected chi connectivity index (χ2v) is 6.10. The first-order valence-corrected chi connectivity index (χ1v) is 7.67. The number of benzene rings is 1. The van der Waals surface area contributed by atoms with Crippen molar-refractivity contribution in [3.8, 4) is 0 Å². The molecule has 0 aliphatic carbocycles. The number of carbonyl (C=O) groups is 1. The lowest BCUT2D eigenvalue weighted by molar-refractivity contribution is 0.102. The largest absolute Gasteiger partial charge is 0.370 e. The van der Waals surface area contributed by atoms with E-state index in [1.807, 2.05) is 6.07 Å². The van der Waals surface area contributed by atoms with E-state index in [0.29, 0.717) is 27.2 Å². The average molecular weight is 338 g/mol. The zero-order valence-electron chi connectivity index (χ0n) is 12.4. The molecular weight excluding hydrogens is 321 g/mol. The van der Waals surface area contributed by atoms with Gasteiger partial charge in [0.1, 0.15) is 5.82 Å². The summed E-state index contributed by atoms with van der Waals surface area (Å²) >= 11 is 11.7. The molecule has 0 bridgehead atoms. The van der Waals surface area contributed by atoms with Gasteiger partial charge in [0.05, 0.1) is 21.9 Å². The summed E-state index contributed by atoms with van der Waals surface area (Å²) in [6, 6.07) is 8.37. The van der Waals surface area contributed by atoms with Crippen LogP contribution in [0.4, 0.5) is 11.5 Å². The third-order valence-electron chi connectivity index (χ3n) is 2.89. The van der Waals surface area contributed by atoms with Crippen molar-refractivity contribution in [3.05, 3.63) is 52.1 Å². The van der Waals surface area contributed by atoms with Crippen molar-refractivity contribution < 1.29 is 4.79 Å². The van der Waals surface area contributed by atoms with Gasteiger partial charge < -0.3 is 10.6 Å². The summed E-state index contributed by atoms with van der Waals surface area (Å²) in [5.41, 5.74) is 1.06. The summed E-state index contributed by atoms with van der Waals surface area (Å²) in [4.78, 5) is 16.4. The molecule has 2 rings (SSSR count). The molecule has 1 aromatic carbocycles. The Hall–Kier alpha value is -1.78. The van der Waals surface area contributed by atoms with Crippen LogP contribution in [0.5, 0.6) is 0 Å². The maximum Gasteiger partial charge on any atom is 0.255 e. The Labute approximate surface area is 139 Å². The maximum absolute atomic E-state index is 12.1. The zero-order valence-corrected chi connectivity index (χ0v) is 13.9. The fourth-order valence-corrected chi connectivity index (χ4v) is 2.02. The van der Waals surface area contributed by atoms with Gasteiger partial charge in [0.15, 0.2) is 0 Å². The summed E-state index contributed by atoms with van der Waals surface area (Å²) in [5, 5.41) is 6.75. The van der Waals surface area contributed by atoms with Gasteiger partial charge >= 0.3 is 0 Å². The Kier molecular flexibility index (Phi) is 5.63. The molecule has 0 spiro atoms. The molecule has 0 saturated carbocycles. The first-order chi connectivity index (χ1) is 10.5. The molecule has 0 aliphatic heterocycles. The van der Waals surface area contributed by atoms with Crippen LogP contribution in [0.1, 0.15) is 24.2 Å². The van der Waals surface area contributed by atoms with E-state index >= 15 is 0 Å². The molecule has 2 N–H and O–H groups in total. The lowest BCUT2D eigenvalue weighted by Crippen LogP contribution is -2.13. The minimum atomic E-state index is -0.261. The molecule has 4 nitrogen and oxygen atoms in total. The van der Waals surface area contributed by atoms with Crippen molar-refractivity contribution in [2.24, 2.45) is 5.92 Å². The Morgan fingerprint density at radius 2 is 1.95 bits per heavy atom. The molecule has 116 valence electrons. The van der Waals surface area contributed by atoms with E-state index in [4.69, 9.17) is 23.2 Å². The zero-order chi connectivity index (χ0) is 16.1. The summed E-state index contributed by atoms with van der Waals surface area (Å²) < 4.78 is 0. The number of pyridine rings is 1. The molecule has 1 aromatic heterocycles. The monoisotopic (exact) mass is 337 g/mol. The van der Waals surface area contributed by atoms with Gasteiger partial charge in [-0.25, -0.2) is 4.98 Å². The van der Waals surface area contributed by atoms with Crippen molar-refractivity contribution >= 4 is 40.6 Å². The standard InChI is InChI=1S/C16H17Cl2N3O/c1-10(2)8-19-15-6-4-12(9-20-15)21-16(22)11-3-5-13(17)14(18)7-11/h3-7,9-10H,8H2,1-2H3,(H,19,20)(H,21,22). The van der Waals surface area contributed by atoms with Gasteiger partial charge in [0.2, 0.25) is 0 Å². The number of hydrogen-bond acceptors (Lipinski definition) is 3. The second-order valence-electron chi connectivity index (χ2n) is 5.29. The van der Waals surface area contributed by atoms with E-state index in [-0.39, 0.29) is 5.91 Å². The molecule has 2 aromatic rings. The highest BCUT2D eigenvalue weighted by Gasteiger charge is 2.08. The number of nitrogens with zero attached hydrogens (tertiary/aromatic N) is 1. The predicted molar refractivity (Wildman–Crippen MR) is 92.0 cm³/mol. The van der Waals surface area contributed by atoms with Crippen molar-refractivity contribution in [2.45, 2.75) is 13.8 Å². The Morgan fingerprint density at radius 1 is 1.18 bits per heavy atom. The first kappa shape index (κ1) is 16.6. The molecule has 0 radical (unpaired) electrons. The molecule has 0 aliphatic rings. The van der Waals surface area contributed by atoms with Crippen LogP contribution in [0.2, 0.25) is 10.0 Å². The highest BCUT2D eigenvalue weighted by Crippen LogP contribution is 2.23. The second kappa shape index (κ2) is 7.47. The van der Waals surface area contributed by atoms with E-state index in [1.54, 1.807) is 24.4 Å². The molecule has 1 heterocycles. The van der Waals surface area contributed by atoms with Crippen LogP contribution in [-0.2, 0) is 0 Å². The number of aromatic nitrogens is 1. The van der Waals surface area contributed by atoms with Crippen LogP contribution in [0, 0.1) is 5.92 Å². The molecule has 0 atom stereocenters. The van der Waals surface area contributed by atoms with Crippen molar-refractivity contribution in [1.29, 1.82) is 0 Å². The van der Waals surface area contributed by atoms with Gasteiger partial charge in [0, 0.05) is 12.1 Å². The number of rotatable bonds is 5. The topological polar surface area (TPSA) is 54.0 Å². The number of halogens is 2. The van der Waals surface area contributed by atoms with Gasteiger partial charge in [-0.05, 0) is 36.2 Å². The molecular formula is C16H17Cl2N3O. The highest BCUT2D eigenvalue weighted by atomic mass is 35.5. The smallest absolute Gasteiger partial charge is 0.255 e. The van der Waals surface area contributed by atoms with Crippen molar-refractivity contribution in [1.82, 2.24) is 4.98 Å². The summed E-state index contributed by atoms with van der Waals surface area (Å²) in [6.45, 7) is 5.10. The Balaban J connectivity index is 2.00. The van der Waals surface area contributed by atoms with Crippen LogP contribution in [-0.4, -0.2) is 17.4 Å². The van der Waals surface area contributed by atoms with Crippen LogP contribution in [0.25, 0.3) is 0 Å². The van der Waals surface area contributed by atoms with Crippen molar-refractivity contribution in [3.63, 3.8) is 0 Å². The SMILES string of the molecule is CC(C)CNc1ccc(NC(=O)c2ccc(Cl)c(Cl)c2)cn1. The quantitative estimate of drug-likeness (QED) is 0.830. The maximum atomic E-state index is 12.1. The van der Waals surface area contributed by atoms with Crippen molar-refractivity contribution in [2.75, 3.05) is 17.2 Å². The van der Waals surface area contributed by atoms with Crippen LogP contribution < -0.4 is 10.6 Å². The van der Waals surface area contributed by atoms with E-state index in [2.05, 4.69) is 29.5 Å². The third kappa shape index (κ3) is 4.61. The molecule has 22 heavy (non-hydrogen) atoms. The van der Waals surface area contributed by atoms with E-state index < -0.39 is 0 Å². The van der Waals surface area contributed by atoms with Gasteiger partial charge in [0.25, 0.3) is 5.91 Å². The van der Waals surface area contributed by atoms with Gasteiger partial charge in [-0.2, -0.15) is 0 Å². The fourth-order valence-electron chi connectivity index (χ4n) is 1.72. The summed E-state index contributed by atoms with van der Waals surface area (Å²) in [6.07, 6.45) is 1.61. The van der Waals surface area contributed by atoms with Gasteiger partial charge in [-0.15, -0.1) is 0 Å². The highest BCUT2D eigenvalue weighted by molar-refractivity contribution is 6.42. The Morgan fingerprint density at radius 3 is 2.55 bits per heavy atom.